The maximum Gasteiger partial charge on any atom is 0.314 e. The van der Waals surface area contributed by atoms with E-state index in [0.29, 0.717) is 24.6 Å². The highest BCUT2D eigenvalue weighted by atomic mass is 32.2. The number of anilines is 1. The van der Waals surface area contributed by atoms with Gasteiger partial charge in [0.05, 0.1) is 30.8 Å². The minimum atomic E-state index is -3.78. The molecular weight excluding hydrogens is 324 g/mol. The van der Waals surface area contributed by atoms with Crippen LogP contribution in [-0.4, -0.2) is 54.7 Å². The zero-order valence-electron chi connectivity index (χ0n) is 12.4. The molecular formula is C13H16N4O5S. The van der Waals surface area contributed by atoms with Gasteiger partial charge in [-0.05, 0) is 19.1 Å². The van der Waals surface area contributed by atoms with Gasteiger partial charge in [0.2, 0.25) is 5.09 Å². The SMILES string of the molecule is Cc1c(N)cnn1C(=O)c1ccc(S(=O)(=O)N2CCOCC2)o1. The largest absolute Gasteiger partial charge is 0.438 e. The standard InChI is InChI=1S/C13H16N4O5S/c1-9-10(14)8-15-17(9)13(18)11-2-3-12(22-11)23(19,20)16-4-6-21-7-5-16/h2-3,8H,4-7,14H2,1H3. The topological polar surface area (TPSA) is 121 Å². The molecule has 3 heterocycles. The first-order chi connectivity index (χ1) is 10.9. The Morgan fingerprint density at radius 2 is 2.00 bits per heavy atom. The average molecular weight is 340 g/mol. The number of nitrogen functional groups attached to an aromatic ring is 1. The molecule has 3 rings (SSSR count). The second-order valence-electron chi connectivity index (χ2n) is 5.04. The summed E-state index contributed by atoms with van der Waals surface area (Å²) in [6, 6.07) is 2.58. The molecule has 1 fully saturated rings. The van der Waals surface area contributed by atoms with E-state index in [1.54, 1.807) is 6.92 Å². The van der Waals surface area contributed by atoms with Crippen LogP contribution in [0.4, 0.5) is 5.69 Å². The van der Waals surface area contributed by atoms with Crippen molar-refractivity contribution in [2.45, 2.75) is 12.0 Å². The molecule has 0 spiro atoms. The van der Waals surface area contributed by atoms with E-state index in [9.17, 15) is 13.2 Å². The zero-order chi connectivity index (χ0) is 16.6. The summed E-state index contributed by atoms with van der Waals surface area (Å²) in [5.74, 6) is -0.703. The van der Waals surface area contributed by atoms with Crippen molar-refractivity contribution in [3.8, 4) is 0 Å². The zero-order valence-corrected chi connectivity index (χ0v) is 13.2. The molecule has 0 amide bonds. The molecule has 9 nitrogen and oxygen atoms in total. The van der Waals surface area contributed by atoms with Gasteiger partial charge < -0.3 is 14.9 Å². The Morgan fingerprint density at radius 3 is 2.61 bits per heavy atom. The Bertz CT molecular complexity index is 832. The lowest BCUT2D eigenvalue weighted by atomic mass is 10.4. The maximum absolute atomic E-state index is 12.5. The fraction of sp³-hybridized carbons (Fsp3) is 0.385. The lowest BCUT2D eigenvalue weighted by Gasteiger charge is -2.24. The first kappa shape index (κ1) is 15.7. The van der Waals surface area contributed by atoms with Crippen LogP contribution in [0, 0.1) is 6.92 Å². The molecule has 2 N–H and O–H groups in total. The predicted octanol–water partition coefficient (Wildman–Crippen LogP) is 0.0761. The van der Waals surface area contributed by atoms with Gasteiger partial charge >= 0.3 is 5.91 Å². The average Bonchev–Trinajstić information content (AvgIpc) is 3.17. The van der Waals surface area contributed by atoms with Crippen molar-refractivity contribution in [2.75, 3.05) is 32.0 Å². The molecule has 0 bridgehead atoms. The van der Waals surface area contributed by atoms with Gasteiger partial charge in [0, 0.05) is 13.1 Å². The highest BCUT2D eigenvalue weighted by Gasteiger charge is 2.30. The van der Waals surface area contributed by atoms with Crippen LogP contribution in [0.5, 0.6) is 0 Å². The summed E-state index contributed by atoms with van der Waals surface area (Å²) in [7, 11) is -3.78. The molecule has 2 aromatic rings. The van der Waals surface area contributed by atoms with E-state index in [1.807, 2.05) is 0 Å². The van der Waals surface area contributed by atoms with Gasteiger partial charge in [0.15, 0.2) is 5.76 Å². The summed E-state index contributed by atoms with van der Waals surface area (Å²) in [6.45, 7) is 2.80. The summed E-state index contributed by atoms with van der Waals surface area (Å²) in [4.78, 5) is 12.3. The minimum absolute atomic E-state index is 0.122. The molecule has 2 aromatic heterocycles. The summed E-state index contributed by atoms with van der Waals surface area (Å²) in [5, 5.41) is 3.58. The number of carbonyl (C=O) groups is 1. The molecule has 0 atom stereocenters. The summed E-state index contributed by atoms with van der Waals surface area (Å²) in [6.07, 6.45) is 1.35. The normalized spacial score (nSPS) is 16.6. The second kappa shape index (κ2) is 5.80. The van der Waals surface area contributed by atoms with Crippen LogP contribution >= 0.6 is 0 Å². The molecule has 0 saturated carbocycles. The van der Waals surface area contributed by atoms with Crippen molar-refractivity contribution in [1.29, 1.82) is 0 Å². The second-order valence-corrected chi connectivity index (χ2v) is 6.91. The predicted molar refractivity (Wildman–Crippen MR) is 79.4 cm³/mol. The molecule has 10 heteroatoms. The summed E-state index contributed by atoms with van der Waals surface area (Å²) in [5.41, 5.74) is 6.48. The van der Waals surface area contributed by atoms with Crippen LogP contribution in [0.15, 0.2) is 27.8 Å². The van der Waals surface area contributed by atoms with Crippen LogP contribution in [0.2, 0.25) is 0 Å². The van der Waals surface area contributed by atoms with Crippen LogP contribution in [-0.2, 0) is 14.8 Å². The van der Waals surface area contributed by atoms with E-state index in [4.69, 9.17) is 14.9 Å². The number of sulfonamides is 1. The summed E-state index contributed by atoms with van der Waals surface area (Å²) < 4.78 is 37.6. The Hall–Kier alpha value is -2.17. The fourth-order valence-electron chi connectivity index (χ4n) is 2.22. The van der Waals surface area contributed by atoms with E-state index in [-0.39, 0.29) is 23.9 Å². The lowest BCUT2D eigenvalue weighted by molar-refractivity contribution is 0.0722. The minimum Gasteiger partial charge on any atom is -0.438 e. The van der Waals surface area contributed by atoms with Crippen LogP contribution in [0.1, 0.15) is 16.2 Å². The fourth-order valence-corrected chi connectivity index (χ4v) is 3.54. The molecule has 124 valence electrons. The van der Waals surface area contributed by atoms with Crippen molar-refractivity contribution in [2.24, 2.45) is 0 Å². The highest BCUT2D eigenvalue weighted by Crippen LogP contribution is 2.21. The van der Waals surface area contributed by atoms with Crippen molar-refractivity contribution >= 4 is 21.6 Å². The number of rotatable bonds is 3. The molecule has 0 aromatic carbocycles. The van der Waals surface area contributed by atoms with E-state index in [1.165, 1.54) is 22.6 Å². The smallest absolute Gasteiger partial charge is 0.314 e. The van der Waals surface area contributed by atoms with Gasteiger partial charge in [-0.1, -0.05) is 0 Å². The van der Waals surface area contributed by atoms with Gasteiger partial charge in [-0.15, -0.1) is 0 Å². The number of hydrogen-bond acceptors (Lipinski definition) is 7. The van der Waals surface area contributed by atoms with Gasteiger partial charge in [-0.25, -0.2) is 8.42 Å². The summed E-state index contributed by atoms with van der Waals surface area (Å²) >= 11 is 0. The molecule has 0 unspecified atom stereocenters. The molecule has 1 saturated heterocycles. The number of aromatic nitrogens is 2. The maximum atomic E-state index is 12.5. The van der Waals surface area contributed by atoms with Gasteiger partial charge in [-0.3, -0.25) is 4.79 Å². The van der Waals surface area contributed by atoms with E-state index < -0.39 is 15.9 Å². The Kier molecular flexibility index (Phi) is 3.96. The van der Waals surface area contributed by atoms with Gasteiger partial charge in [-0.2, -0.15) is 14.1 Å². The van der Waals surface area contributed by atoms with Gasteiger partial charge in [0.1, 0.15) is 0 Å². The number of nitrogens with zero attached hydrogens (tertiary/aromatic N) is 3. The van der Waals surface area contributed by atoms with Crippen molar-refractivity contribution < 1.29 is 22.4 Å². The monoisotopic (exact) mass is 340 g/mol. The van der Waals surface area contributed by atoms with E-state index >= 15 is 0 Å². The molecule has 0 radical (unpaired) electrons. The first-order valence-electron chi connectivity index (χ1n) is 6.94. The number of carbonyl (C=O) groups excluding carboxylic acids is 1. The highest BCUT2D eigenvalue weighted by molar-refractivity contribution is 7.89. The van der Waals surface area contributed by atoms with Crippen molar-refractivity contribution in [3.63, 3.8) is 0 Å². The van der Waals surface area contributed by atoms with E-state index in [0.717, 1.165) is 4.68 Å². The number of ether oxygens (including phenoxy) is 1. The first-order valence-corrected chi connectivity index (χ1v) is 8.38. The number of hydrogen-bond donors (Lipinski definition) is 1. The third-order valence-corrected chi connectivity index (χ3v) is 5.37. The van der Waals surface area contributed by atoms with Gasteiger partial charge in [0.25, 0.3) is 10.0 Å². The van der Waals surface area contributed by atoms with Crippen LogP contribution in [0.3, 0.4) is 0 Å². The molecule has 0 aliphatic carbocycles. The number of nitrogens with two attached hydrogens (primary N) is 1. The van der Waals surface area contributed by atoms with Crippen molar-refractivity contribution in [3.05, 3.63) is 29.8 Å². The van der Waals surface area contributed by atoms with E-state index in [2.05, 4.69) is 5.10 Å². The Labute approximate surface area is 132 Å². The number of morpholine rings is 1. The molecule has 1 aliphatic heterocycles. The quantitative estimate of drug-likeness (QED) is 0.839. The van der Waals surface area contributed by atoms with Crippen LogP contribution < -0.4 is 5.73 Å². The van der Waals surface area contributed by atoms with Crippen molar-refractivity contribution in [1.82, 2.24) is 14.1 Å². The molecule has 1 aliphatic rings. The Morgan fingerprint density at radius 1 is 1.30 bits per heavy atom. The van der Waals surface area contributed by atoms with Crippen LogP contribution in [0.25, 0.3) is 0 Å². The molecule has 23 heavy (non-hydrogen) atoms. The third kappa shape index (κ3) is 2.76. The number of furan rings is 1. The third-order valence-electron chi connectivity index (χ3n) is 3.60. The Balaban J connectivity index is 1.88. The lowest BCUT2D eigenvalue weighted by Crippen LogP contribution is -2.40.